The number of carbonyl (C=O) groups excluding carboxylic acids is 1. The van der Waals surface area contributed by atoms with Crippen molar-refractivity contribution in [2.24, 2.45) is 0 Å². The van der Waals surface area contributed by atoms with Gasteiger partial charge in [-0.1, -0.05) is 381 Å². The quantitative estimate of drug-likeness (QED) is 0.0261. The second kappa shape index (κ2) is 72.1. The molecule has 0 spiro atoms. The minimum Gasteiger partial charge on any atom is -0.394 e. The molecule has 1 aliphatic heterocycles. The van der Waals surface area contributed by atoms with Gasteiger partial charge in [-0.25, -0.2) is 0 Å². The molecule has 0 aromatic rings. The Morgan fingerprint density at radius 1 is 0.376 bits per heavy atom. The summed E-state index contributed by atoms with van der Waals surface area (Å²) in [4.78, 5) is 13.2. The number of aliphatic hydroxyl groups is 5. The van der Waals surface area contributed by atoms with Gasteiger partial charge in [0.25, 0.3) is 0 Å². The average molecular weight is 1310 g/mol. The van der Waals surface area contributed by atoms with E-state index in [1.54, 1.807) is 6.08 Å². The Hall–Kier alpha value is -2.63. The highest BCUT2D eigenvalue weighted by Gasteiger charge is 2.44. The molecular formula is C84H153NO8. The number of carbonyl (C=O) groups is 1. The molecule has 93 heavy (non-hydrogen) atoms. The van der Waals surface area contributed by atoms with E-state index in [0.29, 0.717) is 6.42 Å². The Morgan fingerprint density at radius 2 is 0.677 bits per heavy atom. The van der Waals surface area contributed by atoms with Crippen LogP contribution in [-0.2, 0) is 14.3 Å². The number of hydrogen-bond acceptors (Lipinski definition) is 8. The van der Waals surface area contributed by atoms with Crippen molar-refractivity contribution in [3.63, 3.8) is 0 Å². The molecule has 1 fully saturated rings. The van der Waals surface area contributed by atoms with Crippen molar-refractivity contribution in [1.29, 1.82) is 0 Å². The van der Waals surface area contributed by atoms with Crippen LogP contribution in [-0.4, -0.2) is 87.5 Å². The number of hydrogen-bond donors (Lipinski definition) is 6. The molecule has 0 saturated carbocycles. The molecule has 0 aromatic heterocycles. The van der Waals surface area contributed by atoms with E-state index in [-0.39, 0.29) is 12.5 Å². The SMILES string of the molecule is CC/C=C\C/C=C\C/C=C\C/C=C\CCCCCCCCCCCCCCCCCCCCCCCCCCCCCCC(=O)NC(COC1OC(CO)C(O)C(O)C1O)C(O)/C=C/CC/C=C/CC/C=C/CCCCCCCCCCCCCCCCCCCCC. The number of nitrogens with one attached hydrogen (secondary N) is 1. The van der Waals surface area contributed by atoms with Gasteiger partial charge in [0.15, 0.2) is 6.29 Å². The molecule has 9 nitrogen and oxygen atoms in total. The van der Waals surface area contributed by atoms with Gasteiger partial charge in [0, 0.05) is 6.42 Å². The van der Waals surface area contributed by atoms with Crippen LogP contribution in [0.5, 0.6) is 0 Å². The predicted molar refractivity (Wildman–Crippen MR) is 401 cm³/mol. The number of allylic oxidation sites excluding steroid dienone is 13. The van der Waals surface area contributed by atoms with Gasteiger partial charge >= 0.3 is 0 Å². The molecule has 0 aromatic carbocycles. The molecule has 9 heteroatoms. The summed E-state index contributed by atoms with van der Waals surface area (Å²) in [6.45, 7) is 3.69. The smallest absolute Gasteiger partial charge is 0.220 e. The lowest BCUT2D eigenvalue weighted by Crippen LogP contribution is -2.60. The van der Waals surface area contributed by atoms with Gasteiger partial charge in [-0.2, -0.15) is 0 Å². The average Bonchev–Trinajstić information content (AvgIpc) is 1.00. The summed E-state index contributed by atoms with van der Waals surface area (Å²) in [6, 6.07) is -0.832. The maximum Gasteiger partial charge on any atom is 0.220 e. The molecule has 1 rings (SSSR count). The zero-order chi connectivity index (χ0) is 67.1. The maximum atomic E-state index is 13.2. The minimum absolute atomic E-state index is 0.184. The highest BCUT2D eigenvalue weighted by Crippen LogP contribution is 2.24. The number of rotatable bonds is 71. The van der Waals surface area contributed by atoms with Crippen LogP contribution in [0, 0.1) is 0 Å². The summed E-state index contributed by atoms with van der Waals surface area (Å²) in [7, 11) is 0. The van der Waals surface area contributed by atoms with Crippen LogP contribution in [0.15, 0.2) is 85.1 Å². The molecule has 542 valence electrons. The van der Waals surface area contributed by atoms with Crippen molar-refractivity contribution in [2.75, 3.05) is 13.2 Å². The van der Waals surface area contributed by atoms with Crippen LogP contribution in [0.3, 0.4) is 0 Å². The first kappa shape index (κ1) is 88.4. The Labute approximate surface area is 575 Å². The first-order valence-electron chi connectivity index (χ1n) is 40.3. The summed E-state index contributed by atoms with van der Waals surface area (Å²) in [5.74, 6) is -0.184. The van der Waals surface area contributed by atoms with E-state index < -0.39 is 49.5 Å². The lowest BCUT2D eigenvalue weighted by molar-refractivity contribution is -0.302. The van der Waals surface area contributed by atoms with Gasteiger partial charge in [-0.15, -0.1) is 0 Å². The number of amides is 1. The lowest BCUT2D eigenvalue weighted by Gasteiger charge is -2.40. The summed E-state index contributed by atoms with van der Waals surface area (Å²) >= 11 is 0. The van der Waals surface area contributed by atoms with Crippen molar-refractivity contribution >= 4 is 5.91 Å². The van der Waals surface area contributed by atoms with Gasteiger partial charge in [0.05, 0.1) is 25.4 Å². The summed E-state index contributed by atoms with van der Waals surface area (Å²) in [6.07, 6.45) is 97.5. The number of aliphatic hydroxyl groups excluding tert-OH is 5. The standard InChI is InChI=1S/C84H153NO8/c1-3-5-7-9-11-13-15-17-19-21-23-25-27-29-31-33-34-35-36-37-38-39-40-41-42-43-44-46-48-50-52-54-56-58-60-62-64-66-68-70-72-74-80(88)85-77(76-92-84-83(91)82(90)81(89)79(75-86)93-84)78(87)73-71-69-67-65-63-61-59-57-55-53-51-49-47-45-32-30-28-26-24-22-20-18-16-14-12-10-8-6-4-2/h5,7,11,13,17,19,23,25,55,57,63,65,71,73,77-79,81-84,86-87,89-91H,3-4,6,8-10,12,14-16,18,20-22,24,26-54,56,58-62,64,66-70,72,74-76H2,1-2H3,(H,85,88)/b7-5-,13-11-,19-17-,25-23-,57-55+,65-63+,73-71+. The zero-order valence-electron chi connectivity index (χ0n) is 61.0. The van der Waals surface area contributed by atoms with Crippen molar-refractivity contribution in [3.8, 4) is 0 Å². The fourth-order valence-electron chi connectivity index (χ4n) is 12.7. The Kier molecular flexibility index (Phi) is 68.5. The van der Waals surface area contributed by atoms with E-state index in [9.17, 15) is 30.3 Å². The van der Waals surface area contributed by atoms with Crippen molar-refractivity contribution < 1.29 is 39.8 Å². The van der Waals surface area contributed by atoms with Crippen molar-refractivity contribution in [1.82, 2.24) is 5.32 Å². The molecule has 0 radical (unpaired) electrons. The molecule has 1 saturated heterocycles. The van der Waals surface area contributed by atoms with E-state index >= 15 is 0 Å². The predicted octanol–water partition coefficient (Wildman–Crippen LogP) is 23.2. The first-order valence-corrected chi connectivity index (χ1v) is 40.3. The minimum atomic E-state index is -1.58. The maximum absolute atomic E-state index is 13.2. The molecule has 7 unspecified atom stereocenters. The Balaban J connectivity index is 2.07. The molecule has 1 amide bonds. The van der Waals surface area contributed by atoms with Crippen molar-refractivity contribution in [2.45, 2.75) is 429 Å². The normalized spacial score (nSPS) is 18.0. The number of ether oxygens (including phenoxy) is 2. The monoisotopic (exact) mass is 1300 g/mol. The first-order chi connectivity index (χ1) is 45.8. The van der Waals surface area contributed by atoms with Gasteiger partial charge < -0.3 is 40.3 Å². The van der Waals surface area contributed by atoms with Gasteiger partial charge in [-0.3, -0.25) is 4.79 Å². The highest BCUT2D eigenvalue weighted by atomic mass is 16.7. The summed E-state index contributed by atoms with van der Waals surface area (Å²) < 4.78 is 11.3. The number of unbranched alkanes of at least 4 members (excludes halogenated alkanes) is 49. The molecule has 0 bridgehead atoms. The Morgan fingerprint density at radius 3 is 1.03 bits per heavy atom. The van der Waals surface area contributed by atoms with Crippen LogP contribution in [0.2, 0.25) is 0 Å². The van der Waals surface area contributed by atoms with Gasteiger partial charge in [0.2, 0.25) is 5.91 Å². The van der Waals surface area contributed by atoms with Crippen LogP contribution in [0.4, 0.5) is 0 Å². The topological polar surface area (TPSA) is 149 Å². The molecule has 6 N–H and O–H groups in total. The molecule has 1 heterocycles. The van der Waals surface area contributed by atoms with Crippen LogP contribution >= 0.6 is 0 Å². The highest BCUT2D eigenvalue weighted by molar-refractivity contribution is 5.76. The second-order valence-corrected chi connectivity index (χ2v) is 27.8. The molecular weight excluding hydrogens is 1150 g/mol. The van der Waals surface area contributed by atoms with Crippen LogP contribution in [0.1, 0.15) is 386 Å². The third-order valence-corrected chi connectivity index (χ3v) is 18.9. The fraction of sp³-hybridized carbons (Fsp3) is 0.821. The molecule has 1 aliphatic rings. The van der Waals surface area contributed by atoms with E-state index in [4.69, 9.17) is 9.47 Å². The largest absolute Gasteiger partial charge is 0.394 e. The second-order valence-electron chi connectivity index (χ2n) is 27.8. The van der Waals surface area contributed by atoms with E-state index in [1.165, 1.54) is 295 Å². The van der Waals surface area contributed by atoms with E-state index in [0.717, 1.165) is 70.6 Å². The van der Waals surface area contributed by atoms with E-state index in [1.807, 2.05) is 6.08 Å². The fourth-order valence-corrected chi connectivity index (χ4v) is 12.7. The molecule has 0 aliphatic carbocycles. The third-order valence-electron chi connectivity index (χ3n) is 18.9. The third kappa shape index (κ3) is 60.3. The zero-order valence-corrected chi connectivity index (χ0v) is 61.0. The van der Waals surface area contributed by atoms with E-state index in [2.05, 4.69) is 92.1 Å². The lowest BCUT2D eigenvalue weighted by atomic mass is 9.99. The van der Waals surface area contributed by atoms with Crippen LogP contribution < -0.4 is 5.32 Å². The van der Waals surface area contributed by atoms with Crippen molar-refractivity contribution in [3.05, 3.63) is 85.1 Å². The summed E-state index contributed by atoms with van der Waals surface area (Å²) in [5, 5.41) is 54.9. The van der Waals surface area contributed by atoms with Crippen LogP contribution in [0.25, 0.3) is 0 Å². The van der Waals surface area contributed by atoms with Gasteiger partial charge in [0.1, 0.15) is 24.4 Å². The molecule has 7 atom stereocenters. The Bertz CT molecular complexity index is 1750. The summed E-state index contributed by atoms with van der Waals surface area (Å²) in [5.41, 5.74) is 0. The van der Waals surface area contributed by atoms with Gasteiger partial charge in [-0.05, 0) is 83.5 Å².